The Hall–Kier alpha value is -2.35. The van der Waals surface area contributed by atoms with Crippen LogP contribution in [0.4, 0.5) is 9.52 Å². The average Bonchev–Trinajstić information content (AvgIpc) is 3.43. The summed E-state index contributed by atoms with van der Waals surface area (Å²) in [7, 11) is 0. The van der Waals surface area contributed by atoms with Crippen LogP contribution in [0.3, 0.4) is 0 Å². The summed E-state index contributed by atoms with van der Waals surface area (Å²) in [4.78, 5) is 27.2. The van der Waals surface area contributed by atoms with Gasteiger partial charge >= 0.3 is 0 Å². The number of carbonyl (C=O) groups excluding carboxylic acids is 2. The molecule has 1 aliphatic rings. The molecule has 1 atom stereocenters. The number of unbranched alkanes of at least 4 members (excludes halogenated alkanes) is 6. The van der Waals surface area contributed by atoms with Crippen LogP contribution in [0.5, 0.6) is 0 Å². The molecule has 168 valence electrons. The van der Waals surface area contributed by atoms with E-state index in [4.69, 9.17) is 0 Å². The van der Waals surface area contributed by atoms with E-state index in [1.54, 1.807) is 17.0 Å². The fourth-order valence-corrected chi connectivity index (χ4v) is 4.64. The van der Waals surface area contributed by atoms with Gasteiger partial charge in [-0.15, -0.1) is 10.2 Å². The topological polar surface area (TPSA) is 75.2 Å². The highest BCUT2D eigenvalue weighted by Gasteiger charge is 2.34. The molecule has 1 saturated heterocycles. The zero-order valence-electron chi connectivity index (χ0n) is 18.1. The number of rotatable bonds is 11. The molecule has 3 rings (SSSR count). The van der Waals surface area contributed by atoms with Gasteiger partial charge in [-0.3, -0.25) is 14.9 Å². The van der Waals surface area contributed by atoms with Crippen molar-refractivity contribution in [3.05, 3.63) is 30.1 Å². The van der Waals surface area contributed by atoms with E-state index in [2.05, 4.69) is 22.4 Å². The largest absolute Gasteiger partial charge is 0.331 e. The van der Waals surface area contributed by atoms with Crippen LogP contribution in [-0.4, -0.2) is 39.5 Å². The zero-order valence-corrected chi connectivity index (χ0v) is 18.9. The Bertz CT molecular complexity index is 856. The number of nitrogens with zero attached hydrogens (tertiary/aromatic N) is 3. The second-order valence-corrected chi connectivity index (χ2v) is 9.00. The summed E-state index contributed by atoms with van der Waals surface area (Å²) in [6.07, 6.45) is 10.1. The zero-order chi connectivity index (χ0) is 22.1. The molecule has 2 amide bonds. The summed E-state index contributed by atoms with van der Waals surface area (Å²) in [6.45, 7) is 2.83. The van der Waals surface area contributed by atoms with Crippen LogP contribution in [0.15, 0.2) is 24.3 Å². The van der Waals surface area contributed by atoms with Crippen LogP contribution in [0.2, 0.25) is 0 Å². The summed E-state index contributed by atoms with van der Waals surface area (Å²) in [5.74, 6) is -0.466. The Kier molecular flexibility index (Phi) is 8.94. The van der Waals surface area contributed by atoms with Crippen molar-refractivity contribution in [3.63, 3.8) is 0 Å². The summed E-state index contributed by atoms with van der Waals surface area (Å²) >= 11 is 1.23. The van der Waals surface area contributed by atoms with Crippen LogP contribution in [0.25, 0.3) is 10.6 Å². The smallest absolute Gasteiger partial charge is 0.249 e. The van der Waals surface area contributed by atoms with Crippen LogP contribution in [0, 0.1) is 5.82 Å². The summed E-state index contributed by atoms with van der Waals surface area (Å²) in [5, 5.41) is 11.9. The standard InChI is InChI=1S/C23H31FN4O2S/c1-2-3-4-5-6-7-8-11-20(29)28-16-9-10-19(28)21(30)25-23-27-26-22(31-23)17-12-14-18(24)15-13-17/h12-15,19H,2-11,16H2,1H3,(H,25,27,30). The number of halogens is 1. The lowest BCUT2D eigenvalue weighted by molar-refractivity contribution is -0.136. The van der Waals surface area contributed by atoms with Crippen LogP contribution in [-0.2, 0) is 9.59 Å². The van der Waals surface area contributed by atoms with Gasteiger partial charge < -0.3 is 4.90 Å². The molecule has 1 N–H and O–H groups in total. The van der Waals surface area contributed by atoms with Gasteiger partial charge in [-0.2, -0.15) is 0 Å². The number of hydrogen-bond donors (Lipinski definition) is 1. The first-order valence-electron chi connectivity index (χ1n) is 11.3. The van der Waals surface area contributed by atoms with Crippen molar-refractivity contribution in [2.75, 3.05) is 11.9 Å². The molecule has 0 saturated carbocycles. The number of hydrogen-bond acceptors (Lipinski definition) is 5. The normalized spacial score (nSPS) is 15.9. The fourth-order valence-electron chi connectivity index (χ4n) is 3.89. The van der Waals surface area contributed by atoms with Gasteiger partial charge in [0.05, 0.1) is 0 Å². The first-order valence-corrected chi connectivity index (χ1v) is 12.1. The van der Waals surface area contributed by atoms with E-state index < -0.39 is 6.04 Å². The first-order chi connectivity index (χ1) is 15.1. The molecule has 1 aromatic heterocycles. The van der Waals surface area contributed by atoms with Gasteiger partial charge in [0.1, 0.15) is 16.9 Å². The van der Waals surface area contributed by atoms with E-state index in [-0.39, 0.29) is 17.6 Å². The third-order valence-corrected chi connectivity index (χ3v) is 6.50. The van der Waals surface area contributed by atoms with Gasteiger partial charge in [0.2, 0.25) is 16.9 Å². The van der Waals surface area contributed by atoms with Crippen molar-refractivity contribution in [2.24, 2.45) is 0 Å². The molecule has 1 aliphatic heterocycles. The minimum Gasteiger partial charge on any atom is -0.331 e. The molecule has 1 fully saturated rings. The molecule has 2 heterocycles. The highest BCUT2D eigenvalue weighted by Crippen LogP contribution is 2.27. The van der Waals surface area contributed by atoms with E-state index in [0.717, 1.165) is 24.8 Å². The second kappa shape index (κ2) is 11.9. The molecule has 6 nitrogen and oxygen atoms in total. The maximum Gasteiger partial charge on any atom is 0.249 e. The predicted molar refractivity (Wildman–Crippen MR) is 121 cm³/mol. The molecule has 0 radical (unpaired) electrons. The van der Waals surface area contributed by atoms with Gasteiger partial charge in [-0.1, -0.05) is 56.8 Å². The Morgan fingerprint density at radius 1 is 1.10 bits per heavy atom. The Morgan fingerprint density at radius 2 is 1.81 bits per heavy atom. The van der Waals surface area contributed by atoms with Gasteiger partial charge in [-0.25, -0.2) is 4.39 Å². The van der Waals surface area contributed by atoms with E-state index >= 15 is 0 Å². The van der Waals surface area contributed by atoms with Gasteiger partial charge in [0.25, 0.3) is 0 Å². The lowest BCUT2D eigenvalue weighted by Gasteiger charge is -2.23. The predicted octanol–water partition coefficient (Wildman–Crippen LogP) is 5.41. The first kappa shape index (κ1) is 23.3. The molecular formula is C23H31FN4O2S. The molecule has 0 spiro atoms. The van der Waals surface area contributed by atoms with Gasteiger partial charge in [0.15, 0.2) is 0 Å². The number of carbonyl (C=O) groups is 2. The van der Waals surface area contributed by atoms with Crippen molar-refractivity contribution >= 4 is 28.3 Å². The number of anilines is 1. The maximum atomic E-state index is 13.1. The lowest BCUT2D eigenvalue weighted by atomic mass is 10.1. The molecule has 1 aromatic carbocycles. The minimum absolute atomic E-state index is 0.0653. The summed E-state index contributed by atoms with van der Waals surface area (Å²) in [5.41, 5.74) is 0.742. The van der Waals surface area contributed by atoms with Crippen molar-refractivity contribution in [1.29, 1.82) is 0 Å². The number of amides is 2. The fraction of sp³-hybridized carbons (Fsp3) is 0.565. The van der Waals surface area contributed by atoms with Crippen molar-refractivity contribution in [1.82, 2.24) is 15.1 Å². The third-order valence-electron chi connectivity index (χ3n) is 5.62. The maximum absolute atomic E-state index is 13.1. The molecule has 2 aromatic rings. The SMILES string of the molecule is CCCCCCCCCC(=O)N1CCCC1C(=O)Nc1nnc(-c2ccc(F)cc2)s1. The molecule has 0 aliphatic carbocycles. The Balaban J connectivity index is 1.47. The van der Waals surface area contributed by atoms with E-state index in [0.29, 0.717) is 29.5 Å². The minimum atomic E-state index is -0.449. The van der Waals surface area contributed by atoms with Crippen molar-refractivity contribution in [2.45, 2.75) is 77.2 Å². The van der Waals surface area contributed by atoms with E-state index in [1.807, 2.05) is 0 Å². The van der Waals surface area contributed by atoms with E-state index in [1.165, 1.54) is 55.6 Å². The quantitative estimate of drug-likeness (QED) is 0.468. The van der Waals surface area contributed by atoms with Crippen molar-refractivity contribution in [3.8, 4) is 10.6 Å². The average molecular weight is 447 g/mol. The highest BCUT2D eigenvalue weighted by molar-refractivity contribution is 7.18. The molecule has 1 unspecified atom stereocenters. The van der Waals surface area contributed by atoms with Crippen LogP contribution >= 0.6 is 11.3 Å². The lowest BCUT2D eigenvalue weighted by Crippen LogP contribution is -2.43. The second-order valence-electron chi connectivity index (χ2n) is 8.02. The van der Waals surface area contributed by atoms with Gasteiger partial charge in [0, 0.05) is 18.5 Å². The Labute approximate surface area is 187 Å². The number of benzene rings is 1. The Morgan fingerprint density at radius 3 is 2.55 bits per heavy atom. The summed E-state index contributed by atoms with van der Waals surface area (Å²) < 4.78 is 13.1. The van der Waals surface area contributed by atoms with Crippen LogP contribution in [0.1, 0.15) is 71.1 Å². The van der Waals surface area contributed by atoms with Crippen LogP contribution < -0.4 is 5.32 Å². The number of nitrogens with one attached hydrogen (secondary N) is 1. The number of likely N-dealkylation sites (tertiary alicyclic amines) is 1. The van der Waals surface area contributed by atoms with E-state index in [9.17, 15) is 14.0 Å². The molecule has 8 heteroatoms. The van der Waals surface area contributed by atoms with Gasteiger partial charge in [-0.05, 0) is 43.5 Å². The van der Waals surface area contributed by atoms with Crippen molar-refractivity contribution < 1.29 is 14.0 Å². The molecule has 31 heavy (non-hydrogen) atoms. The molecular weight excluding hydrogens is 415 g/mol. The molecule has 0 bridgehead atoms. The monoisotopic (exact) mass is 446 g/mol. The number of aromatic nitrogens is 2. The summed E-state index contributed by atoms with van der Waals surface area (Å²) in [6, 6.07) is 5.53. The third kappa shape index (κ3) is 6.82. The highest BCUT2D eigenvalue weighted by atomic mass is 32.1.